The Morgan fingerprint density at radius 3 is 1.29 bits per heavy atom. The summed E-state index contributed by atoms with van der Waals surface area (Å²) in [6.45, 7) is 22.1. The second kappa shape index (κ2) is 51.0. The second-order valence-corrected chi connectivity index (χ2v) is 43.1. The Morgan fingerprint density at radius 1 is 0.467 bits per heavy atom. The minimum absolute atomic E-state index is 0.00239. The van der Waals surface area contributed by atoms with Crippen LogP contribution in [0.2, 0.25) is 0 Å². The number of nitrogens with one attached hydrogen (secondary N) is 8. The molecule has 0 spiro atoms. The molecular weight excluding hydrogens is 1940 g/mol. The van der Waals surface area contributed by atoms with Crippen molar-refractivity contribution >= 4 is 115 Å². The molecule has 792 valence electrons. The van der Waals surface area contributed by atoms with Gasteiger partial charge in [0.15, 0.2) is 0 Å². The average Bonchev–Trinajstić information content (AvgIpc) is 1.61. The minimum atomic E-state index is -0.947. The molecule has 4 aliphatic rings. The highest BCUT2D eigenvalue weighted by Gasteiger charge is 2.47. The molecular formula is C113H140N22O13S2. The van der Waals surface area contributed by atoms with E-state index in [2.05, 4.69) is 186 Å². The normalized spacial score (nSPS) is 17.1. The number of β-amino-alcohol motifs (C(OH)–C–C–N with tert-alkyl or cyclic N) is 2. The van der Waals surface area contributed by atoms with Crippen LogP contribution < -0.4 is 31.9 Å². The van der Waals surface area contributed by atoms with Crippen molar-refractivity contribution < 1.29 is 62.8 Å². The van der Waals surface area contributed by atoms with E-state index in [1.165, 1.54) is 25.8 Å². The average molecular weight is 2080 g/mol. The summed E-state index contributed by atoms with van der Waals surface area (Å²) in [7, 11) is 11.6. The van der Waals surface area contributed by atoms with Gasteiger partial charge in [0.05, 0.1) is 77.4 Å². The van der Waals surface area contributed by atoms with E-state index in [-0.39, 0.29) is 139 Å². The fraction of sp³-hybridized carbons (Fsp3) is 0.416. The molecule has 10 N–H and O–H groups in total. The van der Waals surface area contributed by atoms with Crippen LogP contribution in [-0.2, 0) is 69.2 Å². The summed E-state index contributed by atoms with van der Waals surface area (Å²) >= 11 is 3.09. The maximum absolute atomic E-state index is 14.1. The molecule has 12 aromatic rings. The van der Waals surface area contributed by atoms with Gasteiger partial charge in [-0.15, -0.1) is 22.7 Å². The van der Waals surface area contributed by atoms with Crippen molar-refractivity contribution in [2.45, 2.75) is 168 Å². The Labute approximate surface area is 884 Å². The third kappa shape index (κ3) is 29.0. The highest BCUT2D eigenvalue weighted by Crippen LogP contribution is 2.40. The van der Waals surface area contributed by atoms with E-state index < -0.39 is 59.0 Å². The van der Waals surface area contributed by atoms with E-state index in [1.807, 2.05) is 157 Å². The number of nitrogens with zero attached hydrogens (tertiary/aromatic N) is 14. The van der Waals surface area contributed by atoms with Gasteiger partial charge in [0.2, 0.25) is 35.4 Å². The van der Waals surface area contributed by atoms with Crippen LogP contribution in [-0.4, -0.2) is 303 Å². The predicted molar refractivity (Wildman–Crippen MR) is 587 cm³/mol. The number of aromatic nitrogens is 6. The smallest absolute Gasteiger partial charge is 0.323 e. The number of amides is 10. The number of pyridine rings is 2. The van der Waals surface area contributed by atoms with Gasteiger partial charge in [0.25, 0.3) is 0 Å². The van der Waals surface area contributed by atoms with Gasteiger partial charge >= 0.3 is 12.1 Å². The summed E-state index contributed by atoms with van der Waals surface area (Å²) in [5.74, 6) is -2.24. The second-order valence-electron chi connectivity index (χ2n) is 41.3. The molecule has 2 fully saturated rings. The number of carbonyl (C=O) groups excluding carboxylic acids is 8. The van der Waals surface area contributed by atoms with Gasteiger partial charge in [-0.2, -0.15) is 10.2 Å². The number of unbranched alkanes of at least 4 members (excludes halogenated alkanes) is 1. The topological polar surface area (TPSA) is 411 Å². The lowest BCUT2D eigenvalue weighted by atomic mass is 9.85. The molecule has 8 atom stereocenters. The van der Waals surface area contributed by atoms with E-state index >= 15 is 0 Å². The number of anilines is 2. The van der Waals surface area contributed by atoms with Crippen molar-refractivity contribution in [3.8, 4) is 43.4 Å². The molecule has 16 rings (SSSR count). The lowest BCUT2D eigenvalue weighted by Crippen LogP contribution is -2.57. The van der Waals surface area contributed by atoms with Gasteiger partial charge in [0, 0.05) is 182 Å². The van der Waals surface area contributed by atoms with Crippen LogP contribution in [0.15, 0.2) is 216 Å². The molecule has 6 aromatic carbocycles. The number of likely N-dealkylation sites (tertiary alicyclic amines) is 2. The number of likely N-dealkylation sites (N-methyl/N-ethyl adjacent to an activating group) is 2. The Kier molecular flexibility index (Phi) is 37.4. The quantitative estimate of drug-likeness (QED) is 0.0125. The summed E-state index contributed by atoms with van der Waals surface area (Å²) in [6.07, 6.45) is 6.98. The first-order valence-corrected chi connectivity index (χ1v) is 53.0. The number of ether oxygens (including phenoxy) is 3. The highest BCUT2D eigenvalue weighted by atomic mass is 32.1. The van der Waals surface area contributed by atoms with Gasteiger partial charge < -0.3 is 95.7 Å². The third-order valence-corrected chi connectivity index (χ3v) is 28.7. The molecule has 10 heterocycles. The summed E-state index contributed by atoms with van der Waals surface area (Å²) in [5, 5.41) is 55.2. The number of hydrazone groups is 2. The number of hydrogen-bond donors (Lipinski definition) is 10. The highest BCUT2D eigenvalue weighted by molar-refractivity contribution is 7.13. The maximum Gasteiger partial charge on any atom is 0.323 e. The van der Waals surface area contributed by atoms with Crippen molar-refractivity contribution in [3.05, 3.63) is 250 Å². The minimum Gasteiger partial charge on any atom is -0.391 e. The molecule has 0 saturated carbocycles. The number of thiazole rings is 2. The fourth-order valence-corrected chi connectivity index (χ4v) is 20.3. The van der Waals surface area contributed by atoms with E-state index in [1.54, 1.807) is 58.9 Å². The molecule has 35 nitrogen and oxygen atoms in total. The number of benzene rings is 6. The SMILES string of the molecule is CCN1CC(c2ccnc3[nH]c(-c4cccc(CN(C)C)c4)cc23)C(c2ccc(NC(=O)N(C)CCCCC(=O)NC(C(=O)N3CC(O)CC3C(=O)NCc3ccc(-c4cncs4)cc3)C(C)(C)C)cc2)=N1.CCN1CC(c2ccnc3[nH]c(-c4cccc(CN(C)C)c4)cc23)C(c2ccc(NC(=O)N(C)COCCOCCOCCC(=O)NC(C(=O)N3CC(O)CC3C(=O)NCc3ccc(-c4cncs4)cc3)C(C)(C)C)cc2)=N1. The van der Waals surface area contributed by atoms with Gasteiger partial charge in [-0.1, -0.05) is 151 Å². The monoisotopic (exact) mass is 2080 g/mol. The van der Waals surface area contributed by atoms with E-state index in [0.717, 1.165) is 150 Å². The van der Waals surface area contributed by atoms with Gasteiger partial charge in [-0.3, -0.25) is 48.8 Å². The zero-order valence-corrected chi connectivity index (χ0v) is 89.6. The third-order valence-electron chi connectivity index (χ3n) is 27.1. The van der Waals surface area contributed by atoms with Crippen LogP contribution in [0, 0.1) is 10.8 Å². The number of hydrogen-bond acceptors (Lipinski definition) is 25. The molecule has 0 bridgehead atoms. The van der Waals surface area contributed by atoms with Crippen LogP contribution in [0.5, 0.6) is 0 Å². The van der Waals surface area contributed by atoms with Crippen LogP contribution in [0.3, 0.4) is 0 Å². The number of urea groups is 2. The van der Waals surface area contributed by atoms with E-state index in [0.29, 0.717) is 30.8 Å². The summed E-state index contributed by atoms with van der Waals surface area (Å²) in [5.41, 5.74) is 21.9. The van der Waals surface area contributed by atoms with Crippen LogP contribution in [0.25, 0.3) is 65.5 Å². The molecule has 2 saturated heterocycles. The van der Waals surface area contributed by atoms with E-state index in [9.17, 15) is 48.6 Å². The fourth-order valence-electron chi connectivity index (χ4n) is 19.0. The summed E-state index contributed by atoms with van der Waals surface area (Å²) in [6, 6.07) is 52.7. The Morgan fingerprint density at radius 2 is 0.880 bits per heavy atom. The molecule has 0 aliphatic carbocycles. The van der Waals surface area contributed by atoms with Crippen molar-refractivity contribution in [1.29, 1.82) is 0 Å². The summed E-state index contributed by atoms with van der Waals surface area (Å²) in [4.78, 5) is 145. The van der Waals surface area contributed by atoms with Crippen LogP contribution in [0.1, 0.15) is 150 Å². The predicted octanol–water partition coefficient (Wildman–Crippen LogP) is 14.6. The zero-order valence-electron chi connectivity index (χ0n) is 88.0. The zero-order chi connectivity index (χ0) is 106. The van der Waals surface area contributed by atoms with Crippen LogP contribution in [0.4, 0.5) is 21.0 Å². The largest absolute Gasteiger partial charge is 0.391 e. The standard InChI is InChI=1S/C58H73N11O8S.C55H67N11O5S/c1-8-68-35-47(45-20-22-60-54-46(45)30-48(63-54)42-11-9-10-39(28-42)33-66(5)6)52(65-68)41-16-18-43(19-17-41)62-57(74)67(7)37-77-27-26-76-25-24-75-23-21-51(71)64-53(58(2,3)4)56(73)69-34-44(70)29-49(69)55(72)61-31-38-12-14-40(15-13-38)50-32-59-36-78-50;1-8-65-33-44(42-23-24-57-51-43(42)28-45(60-51)39-13-11-12-36(26-39)31-63(5)6)49(62-65)38-19-21-40(22-20-38)59-54(71)64(7)25-10-9-14-48(68)61-50(55(2,3)4)53(70)66-32-41(67)27-46(66)52(69)58-29-35-15-17-37(18-16-35)47-30-56-34-72-47/h9-20,22,28,30,32,36,44,47,49,53,70H,8,21,23-27,29,31,33-35,37H2,1-7H3,(H,60,63)(H,61,72)(H,62,74)(H,64,71);11-13,15-24,26,28,30,34,41,44,46,50,67H,8-10,14,25,27,29,31-33H2,1-7H3,(H,57,60)(H,58,69)(H,59,71)(H,61,68). The molecule has 0 radical (unpaired) electrons. The lowest BCUT2D eigenvalue weighted by Gasteiger charge is -2.35. The van der Waals surface area contributed by atoms with Gasteiger partial charge in [-0.25, -0.2) is 19.6 Å². The molecule has 8 unspecified atom stereocenters. The molecule has 6 aromatic heterocycles. The van der Waals surface area contributed by atoms with E-state index in [4.69, 9.17) is 34.4 Å². The van der Waals surface area contributed by atoms with Gasteiger partial charge in [-0.05, 0) is 193 Å². The Hall–Kier alpha value is -14.0. The molecule has 4 aliphatic heterocycles. The number of aliphatic hydroxyl groups excluding tert-OH is 2. The first-order valence-electron chi connectivity index (χ1n) is 51.2. The van der Waals surface area contributed by atoms with Crippen LogP contribution >= 0.6 is 22.7 Å². The van der Waals surface area contributed by atoms with Crippen molar-refractivity contribution in [3.63, 3.8) is 0 Å². The Bertz CT molecular complexity index is 6670. The van der Waals surface area contributed by atoms with Gasteiger partial charge in [0.1, 0.15) is 42.2 Å². The Balaban J connectivity index is 0.000000225. The van der Waals surface area contributed by atoms with Crippen molar-refractivity contribution in [1.82, 2.24) is 90.6 Å². The molecule has 10 amide bonds. The summed E-state index contributed by atoms with van der Waals surface area (Å²) < 4.78 is 17.0. The first kappa shape index (κ1) is 110. The number of rotatable bonds is 42. The molecule has 150 heavy (non-hydrogen) atoms. The number of aliphatic hydroxyl groups is 2. The molecule has 37 heteroatoms. The number of fused-ring (bicyclic) bond motifs is 2. The first-order chi connectivity index (χ1) is 72.1. The number of aromatic amines is 2. The number of carbonyl (C=O) groups is 8. The van der Waals surface area contributed by atoms with Crippen molar-refractivity contribution in [2.24, 2.45) is 21.0 Å². The maximum atomic E-state index is 14.1. The number of H-pyrrole nitrogens is 2. The lowest BCUT2D eigenvalue weighted by molar-refractivity contribution is -0.144. The van der Waals surface area contributed by atoms with Crippen molar-refractivity contribution in [2.75, 3.05) is 138 Å².